The Morgan fingerprint density at radius 2 is 1.88 bits per heavy atom. The van der Waals surface area contributed by atoms with E-state index in [1.807, 2.05) is 12.3 Å². The van der Waals surface area contributed by atoms with Gasteiger partial charge in [-0.15, -0.1) is 0 Å². The Labute approximate surface area is 150 Å². The number of fused-ring (bicyclic) bond motifs is 3. The number of unbranched alkanes of at least 4 members (excludes halogenated alkanes) is 2. The first-order chi connectivity index (χ1) is 12.4. The third-order valence-electron chi connectivity index (χ3n) is 5.21. The lowest BCUT2D eigenvalue weighted by molar-refractivity contribution is 0.239. The standard InChI is InChI=1S/C21H26N4/c1(2-8-18-9-5-6-12-22-18)7-13-24-14-15-25-19(17-24)16-23-20-10-3-4-11-21(20)25/h3-6,9-12,16,19H,1-2,7-8,13-15,17H2. The number of piperazine rings is 1. The van der Waals surface area contributed by atoms with E-state index >= 15 is 0 Å². The molecule has 2 aromatic rings. The number of rotatable bonds is 6. The Morgan fingerprint density at radius 1 is 0.960 bits per heavy atom. The van der Waals surface area contributed by atoms with Gasteiger partial charge in [-0.3, -0.25) is 14.9 Å². The zero-order valence-electron chi connectivity index (χ0n) is 14.7. The molecule has 1 saturated heterocycles. The van der Waals surface area contributed by atoms with E-state index in [0.29, 0.717) is 6.04 Å². The number of para-hydroxylation sites is 2. The van der Waals surface area contributed by atoms with Crippen molar-refractivity contribution in [1.82, 2.24) is 9.88 Å². The van der Waals surface area contributed by atoms with Crippen molar-refractivity contribution in [2.45, 2.75) is 31.7 Å². The summed E-state index contributed by atoms with van der Waals surface area (Å²) in [6.45, 7) is 4.54. The summed E-state index contributed by atoms with van der Waals surface area (Å²) >= 11 is 0. The quantitative estimate of drug-likeness (QED) is 0.755. The molecule has 4 nitrogen and oxygen atoms in total. The van der Waals surface area contributed by atoms with Crippen LogP contribution >= 0.6 is 0 Å². The number of benzene rings is 1. The lowest BCUT2D eigenvalue weighted by Gasteiger charge is -2.43. The van der Waals surface area contributed by atoms with Crippen LogP contribution in [0.2, 0.25) is 0 Å². The van der Waals surface area contributed by atoms with Gasteiger partial charge in [0, 0.05) is 37.7 Å². The number of aromatic nitrogens is 1. The van der Waals surface area contributed by atoms with E-state index in [1.165, 1.54) is 37.2 Å². The number of nitrogens with zero attached hydrogens (tertiary/aromatic N) is 4. The topological polar surface area (TPSA) is 31.7 Å². The van der Waals surface area contributed by atoms with Crippen molar-refractivity contribution < 1.29 is 0 Å². The summed E-state index contributed by atoms with van der Waals surface area (Å²) in [5.74, 6) is 0. The number of aryl methyl sites for hydroxylation is 1. The summed E-state index contributed by atoms with van der Waals surface area (Å²) in [5.41, 5.74) is 3.62. The third kappa shape index (κ3) is 3.90. The normalized spacial score (nSPS) is 19.5. The van der Waals surface area contributed by atoms with Crippen LogP contribution in [0.25, 0.3) is 0 Å². The Morgan fingerprint density at radius 3 is 2.80 bits per heavy atom. The molecule has 0 bridgehead atoms. The Balaban J connectivity index is 1.21. The zero-order chi connectivity index (χ0) is 16.9. The number of anilines is 1. The molecule has 130 valence electrons. The van der Waals surface area contributed by atoms with Crippen molar-refractivity contribution in [3.63, 3.8) is 0 Å². The van der Waals surface area contributed by atoms with Crippen molar-refractivity contribution in [3.8, 4) is 0 Å². The van der Waals surface area contributed by atoms with Gasteiger partial charge in [0.1, 0.15) is 0 Å². The molecule has 0 amide bonds. The molecule has 2 aliphatic heterocycles. The van der Waals surface area contributed by atoms with Crippen LogP contribution in [0, 0.1) is 0 Å². The third-order valence-corrected chi connectivity index (χ3v) is 5.21. The molecule has 0 aliphatic carbocycles. The maximum absolute atomic E-state index is 4.65. The maximum Gasteiger partial charge on any atom is 0.0860 e. The fourth-order valence-corrected chi connectivity index (χ4v) is 3.85. The monoisotopic (exact) mass is 334 g/mol. The molecular formula is C21H26N4. The second-order valence-electron chi connectivity index (χ2n) is 6.96. The predicted octanol–water partition coefficient (Wildman–Crippen LogP) is 3.70. The lowest BCUT2D eigenvalue weighted by atomic mass is 10.1. The Bertz CT molecular complexity index is 713. The Hall–Kier alpha value is -2.20. The number of aliphatic imine (C=N–C) groups is 1. The van der Waals surface area contributed by atoms with Crippen LogP contribution in [-0.2, 0) is 6.42 Å². The van der Waals surface area contributed by atoms with Crippen molar-refractivity contribution in [1.29, 1.82) is 0 Å². The predicted molar refractivity (Wildman–Crippen MR) is 104 cm³/mol. The van der Waals surface area contributed by atoms with E-state index in [0.717, 1.165) is 31.7 Å². The van der Waals surface area contributed by atoms with Gasteiger partial charge in [0.2, 0.25) is 0 Å². The Kier molecular flexibility index (Phi) is 5.07. The minimum atomic E-state index is 0.428. The summed E-state index contributed by atoms with van der Waals surface area (Å²) < 4.78 is 0. The van der Waals surface area contributed by atoms with Gasteiger partial charge in [-0.25, -0.2) is 0 Å². The van der Waals surface area contributed by atoms with Gasteiger partial charge in [-0.2, -0.15) is 0 Å². The average molecular weight is 334 g/mol. The van der Waals surface area contributed by atoms with Crippen LogP contribution in [0.15, 0.2) is 53.7 Å². The molecule has 0 radical (unpaired) electrons. The van der Waals surface area contributed by atoms with E-state index in [9.17, 15) is 0 Å². The highest BCUT2D eigenvalue weighted by Crippen LogP contribution is 2.33. The summed E-state index contributed by atoms with van der Waals surface area (Å²) in [7, 11) is 0. The molecule has 4 heteroatoms. The summed E-state index contributed by atoms with van der Waals surface area (Å²) in [6, 6.07) is 15.1. The first-order valence-corrected chi connectivity index (χ1v) is 9.42. The minimum absolute atomic E-state index is 0.428. The molecule has 0 spiro atoms. The molecule has 1 unspecified atom stereocenters. The summed E-state index contributed by atoms with van der Waals surface area (Å²) in [5, 5.41) is 0. The number of hydrogen-bond acceptors (Lipinski definition) is 4. The van der Waals surface area contributed by atoms with E-state index in [2.05, 4.69) is 62.4 Å². The maximum atomic E-state index is 4.65. The van der Waals surface area contributed by atoms with Gasteiger partial charge < -0.3 is 4.90 Å². The molecule has 1 atom stereocenters. The van der Waals surface area contributed by atoms with E-state index in [-0.39, 0.29) is 0 Å². The van der Waals surface area contributed by atoms with E-state index in [4.69, 9.17) is 0 Å². The molecule has 2 aliphatic rings. The highest BCUT2D eigenvalue weighted by atomic mass is 15.3. The highest BCUT2D eigenvalue weighted by Gasteiger charge is 2.29. The van der Waals surface area contributed by atoms with Crippen molar-refractivity contribution in [2.75, 3.05) is 31.1 Å². The fourth-order valence-electron chi connectivity index (χ4n) is 3.85. The summed E-state index contributed by atoms with van der Waals surface area (Å²) in [4.78, 5) is 14.2. The van der Waals surface area contributed by atoms with Gasteiger partial charge in [0.25, 0.3) is 0 Å². The molecule has 1 aromatic carbocycles. The SMILES string of the molecule is C1=Nc2ccccc2N2CCN(CCCCCc3ccccn3)CC12. The van der Waals surface area contributed by atoms with Gasteiger partial charge in [0.15, 0.2) is 0 Å². The van der Waals surface area contributed by atoms with Crippen LogP contribution in [0.5, 0.6) is 0 Å². The molecule has 1 aromatic heterocycles. The zero-order valence-corrected chi connectivity index (χ0v) is 14.7. The first kappa shape index (κ1) is 16.3. The summed E-state index contributed by atoms with van der Waals surface area (Å²) in [6.07, 6.45) is 8.90. The van der Waals surface area contributed by atoms with E-state index < -0.39 is 0 Å². The molecule has 1 fully saturated rings. The number of hydrogen-bond donors (Lipinski definition) is 0. The second-order valence-corrected chi connectivity index (χ2v) is 6.96. The van der Waals surface area contributed by atoms with Gasteiger partial charge in [-0.1, -0.05) is 24.6 Å². The average Bonchev–Trinajstić information content (AvgIpc) is 2.68. The van der Waals surface area contributed by atoms with Crippen LogP contribution < -0.4 is 4.90 Å². The van der Waals surface area contributed by atoms with Crippen molar-refractivity contribution in [2.24, 2.45) is 4.99 Å². The molecule has 0 saturated carbocycles. The molecule has 4 rings (SSSR count). The van der Waals surface area contributed by atoms with E-state index in [1.54, 1.807) is 0 Å². The smallest absolute Gasteiger partial charge is 0.0860 e. The van der Waals surface area contributed by atoms with Gasteiger partial charge in [0.05, 0.1) is 17.4 Å². The second kappa shape index (κ2) is 7.79. The fraction of sp³-hybridized carbons (Fsp3) is 0.429. The minimum Gasteiger partial charge on any atom is -0.359 e. The van der Waals surface area contributed by atoms with Crippen LogP contribution in [0.4, 0.5) is 11.4 Å². The molecule has 0 N–H and O–H groups in total. The highest BCUT2D eigenvalue weighted by molar-refractivity contribution is 5.84. The van der Waals surface area contributed by atoms with Crippen molar-refractivity contribution in [3.05, 3.63) is 54.4 Å². The van der Waals surface area contributed by atoms with Gasteiger partial charge >= 0.3 is 0 Å². The molecule has 25 heavy (non-hydrogen) atoms. The van der Waals surface area contributed by atoms with Crippen LogP contribution in [-0.4, -0.2) is 48.3 Å². The van der Waals surface area contributed by atoms with Gasteiger partial charge in [-0.05, 0) is 50.1 Å². The van der Waals surface area contributed by atoms with Crippen LogP contribution in [0.1, 0.15) is 25.0 Å². The number of pyridine rings is 1. The lowest BCUT2D eigenvalue weighted by Crippen LogP contribution is -2.55. The molecular weight excluding hydrogens is 308 g/mol. The largest absolute Gasteiger partial charge is 0.359 e. The molecule has 3 heterocycles. The van der Waals surface area contributed by atoms with Crippen molar-refractivity contribution >= 4 is 17.6 Å². The van der Waals surface area contributed by atoms with Crippen LogP contribution in [0.3, 0.4) is 0 Å². The first-order valence-electron chi connectivity index (χ1n) is 9.42.